The molecule has 0 spiro atoms. The van der Waals surface area contributed by atoms with Crippen molar-refractivity contribution in [3.63, 3.8) is 0 Å². The summed E-state index contributed by atoms with van der Waals surface area (Å²) < 4.78 is 3.98. The highest BCUT2D eigenvalue weighted by Crippen LogP contribution is 2.36. The third-order valence-electron chi connectivity index (χ3n) is 7.18. The zero-order valence-electron chi connectivity index (χ0n) is 19.2. The fourth-order valence-corrected chi connectivity index (χ4v) is 5.06. The van der Waals surface area contributed by atoms with Gasteiger partial charge >= 0.3 is 6.03 Å². The number of rotatable bonds is 4. The molecule has 4 heterocycles. The molecule has 9 heteroatoms. The fraction of sp³-hybridized carbons (Fsp3) is 0.360. The second-order valence-corrected chi connectivity index (χ2v) is 9.30. The Hall–Kier alpha value is -3.88. The van der Waals surface area contributed by atoms with Gasteiger partial charge in [0.05, 0.1) is 11.2 Å². The third kappa shape index (κ3) is 3.48. The first-order chi connectivity index (χ1) is 16.6. The number of benzene rings is 1. The quantitative estimate of drug-likeness (QED) is 0.486. The van der Waals surface area contributed by atoms with Crippen molar-refractivity contribution in [3.05, 3.63) is 54.8 Å². The van der Waals surface area contributed by atoms with Gasteiger partial charge in [0.2, 0.25) is 0 Å². The first-order valence-electron chi connectivity index (χ1n) is 11.9. The standard InChI is InChI=1S/C25H28N8O/c1-27-25(34)31-9-7-17(8-10-31)22-12-20(23-24(26)28-15-29-33(22)23)18-5-6-19-14-32(30-21(19)11-18)13-16-3-2-4-16/h5-7,9,11-12,14-17H,2-4,8,10,13H2,1H3,(H,27,34)(H2,26,28,29). The molecule has 174 valence electrons. The van der Waals surface area contributed by atoms with E-state index in [1.807, 2.05) is 16.8 Å². The molecule has 2 amide bonds. The lowest BCUT2D eigenvalue weighted by Crippen LogP contribution is -2.37. The third-order valence-corrected chi connectivity index (χ3v) is 7.18. The number of nitrogens with two attached hydrogens (primary N) is 1. The van der Waals surface area contributed by atoms with Crippen LogP contribution in [0.4, 0.5) is 10.6 Å². The summed E-state index contributed by atoms with van der Waals surface area (Å²) in [5.74, 6) is 1.31. The molecule has 0 bridgehead atoms. The van der Waals surface area contributed by atoms with Crippen LogP contribution in [0.5, 0.6) is 0 Å². The van der Waals surface area contributed by atoms with Gasteiger partial charge < -0.3 is 16.0 Å². The smallest absolute Gasteiger partial charge is 0.321 e. The van der Waals surface area contributed by atoms with Gasteiger partial charge in [-0.15, -0.1) is 0 Å². The lowest BCUT2D eigenvalue weighted by atomic mass is 9.85. The molecule has 1 saturated carbocycles. The molecule has 0 radical (unpaired) electrons. The summed E-state index contributed by atoms with van der Waals surface area (Å²) in [4.78, 5) is 17.9. The Morgan fingerprint density at radius 3 is 2.85 bits per heavy atom. The topological polar surface area (TPSA) is 106 Å². The van der Waals surface area contributed by atoms with Gasteiger partial charge in [-0.1, -0.05) is 24.6 Å². The van der Waals surface area contributed by atoms with E-state index in [0.717, 1.165) is 52.1 Å². The maximum Gasteiger partial charge on any atom is 0.321 e. The van der Waals surface area contributed by atoms with Gasteiger partial charge in [-0.2, -0.15) is 10.2 Å². The lowest BCUT2D eigenvalue weighted by molar-refractivity contribution is 0.214. The van der Waals surface area contributed by atoms with Gasteiger partial charge in [0.25, 0.3) is 0 Å². The van der Waals surface area contributed by atoms with Crippen molar-refractivity contribution in [2.45, 2.75) is 38.1 Å². The number of carbonyl (C=O) groups is 1. The highest BCUT2D eigenvalue weighted by Gasteiger charge is 2.24. The molecule has 9 nitrogen and oxygen atoms in total. The monoisotopic (exact) mass is 456 g/mol. The Kier molecular flexibility index (Phi) is 4.97. The highest BCUT2D eigenvalue weighted by molar-refractivity contribution is 5.92. The summed E-state index contributed by atoms with van der Waals surface area (Å²) in [6, 6.07) is 8.42. The maximum atomic E-state index is 12.0. The molecule has 3 N–H and O–H groups in total. The van der Waals surface area contributed by atoms with E-state index in [9.17, 15) is 4.79 Å². The summed E-state index contributed by atoms with van der Waals surface area (Å²) in [7, 11) is 1.64. The van der Waals surface area contributed by atoms with E-state index in [-0.39, 0.29) is 11.9 Å². The number of hydrogen-bond acceptors (Lipinski definition) is 5. The molecule has 1 aliphatic heterocycles. The van der Waals surface area contributed by atoms with Crippen LogP contribution in [0.25, 0.3) is 27.5 Å². The van der Waals surface area contributed by atoms with Gasteiger partial charge in [-0.05, 0) is 42.9 Å². The Bertz CT molecular complexity index is 1410. The van der Waals surface area contributed by atoms with E-state index in [2.05, 4.69) is 50.5 Å². The van der Waals surface area contributed by atoms with Crippen LogP contribution in [0.2, 0.25) is 0 Å². The molecule has 3 aromatic heterocycles. The van der Waals surface area contributed by atoms with Crippen LogP contribution in [0.3, 0.4) is 0 Å². The number of carbonyl (C=O) groups excluding carboxylic acids is 1. The molecule has 4 aromatic rings. The summed E-state index contributed by atoms with van der Waals surface area (Å²) >= 11 is 0. The fourth-order valence-electron chi connectivity index (χ4n) is 5.06. The van der Waals surface area contributed by atoms with E-state index >= 15 is 0 Å². The van der Waals surface area contributed by atoms with Gasteiger partial charge in [-0.3, -0.25) is 4.68 Å². The Morgan fingerprint density at radius 2 is 2.12 bits per heavy atom. The Labute approximate surface area is 197 Å². The van der Waals surface area contributed by atoms with E-state index < -0.39 is 0 Å². The minimum absolute atomic E-state index is 0.105. The zero-order valence-corrected chi connectivity index (χ0v) is 19.2. The molecule has 1 aromatic carbocycles. The molecule has 1 unspecified atom stereocenters. The number of allylic oxidation sites excluding steroid dienone is 1. The van der Waals surface area contributed by atoms with E-state index in [0.29, 0.717) is 12.4 Å². The average molecular weight is 457 g/mol. The van der Waals surface area contributed by atoms with Crippen molar-refractivity contribution in [2.24, 2.45) is 5.92 Å². The number of urea groups is 1. The van der Waals surface area contributed by atoms with Crippen LogP contribution in [0.15, 0.2) is 49.1 Å². The highest BCUT2D eigenvalue weighted by atomic mass is 16.2. The molecule has 1 atom stereocenters. The van der Waals surface area contributed by atoms with Crippen LogP contribution in [0.1, 0.15) is 37.3 Å². The van der Waals surface area contributed by atoms with Crippen LogP contribution >= 0.6 is 0 Å². The van der Waals surface area contributed by atoms with Crippen molar-refractivity contribution >= 4 is 28.3 Å². The van der Waals surface area contributed by atoms with Gasteiger partial charge in [0.1, 0.15) is 11.8 Å². The number of hydrogen-bond donors (Lipinski definition) is 2. The second-order valence-electron chi connectivity index (χ2n) is 9.30. The number of aromatic nitrogens is 5. The summed E-state index contributed by atoms with van der Waals surface area (Å²) in [5, 5.41) is 13.2. The molecular weight excluding hydrogens is 428 g/mol. The van der Waals surface area contributed by atoms with Crippen molar-refractivity contribution in [2.75, 3.05) is 19.3 Å². The van der Waals surface area contributed by atoms with Gasteiger partial charge in [0, 0.05) is 49.4 Å². The first-order valence-corrected chi connectivity index (χ1v) is 11.9. The minimum Gasteiger partial charge on any atom is -0.382 e. The first kappa shape index (κ1) is 20.7. The van der Waals surface area contributed by atoms with Crippen LogP contribution < -0.4 is 11.1 Å². The second kappa shape index (κ2) is 8.16. The predicted octanol–water partition coefficient (Wildman–Crippen LogP) is 3.77. The van der Waals surface area contributed by atoms with Crippen molar-refractivity contribution in [1.82, 2.24) is 34.6 Å². The molecule has 6 rings (SSSR count). The lowest BCUT2D eigenvalue weighted by Gasteiger charge is -2.25. The average Bonchev–Trinajstić information content (AvgIpc) is 3.42. The number of anilines is 1. The molecular formula is C25H28N8O. The van der Waals surface area contributed by atoms with E-state index in [1.165, 1.54) is 25.6 Å². The molecule has 1 aliphatic carbocycles. The largest absolute Gasteiger partial charge is 0.382 e. The SMILES string of the molecule is CNC(=O)N1C=CC(c2cc(-c3ccc4cn(CC5CCC5)nc4c3)c3c(N)ncnn23)CC1. The number of nitrogen functional groups attached to an aromatic ring is 1. The molecule has 2 aliphatic rings. The molecule has 34 heavy (non-hydrogen) atoms. The number of fused-ring (bicyclic) bond motifs is 2. The van der Waals surface area contributed by atoms with Gasteiger partial charge in [-0.25, -0.2) is 14.3 Å². The maximum absolute atomic E-state index is 12.0. The van der Waals surface area contributed by atoms with Crippen LogP contribution in [-0.4, -0.2) is 48.9 Å². The normalized spacial score (nSPS) is 18.5. The number of amides is 2. The van der Waals surface area contributed by atoms with Gasteiger partial charge in [0.15, 0.2) is 5.82 Å². The van der Waals surface area contributed by atoms with E-state index in [1.54, 1.807) is 11.9 Å². The van der Waals surface area contributed by atoms with Crippen molar-refractivity contribution < 1.29 is 4.79 Å². The van der Waals surface area contributed by atoms with Crippen molar-refractivity contribution in [1.29, 1.82) is 0 Å². The number of nitrogens with one attached hydrogen (secondary N) is 1. The summed E-state index contributed by atoms with van der Waals surface area (Å²) in [5.41, 5.74) is 11.2. The zero-order chi connectivity index (χ0) is 23.2. The summed E-state index contributed by atoms with van der Waals surface area (Å²) in [6.45, 7) is 1.62. The van der Waals surface area contributed by atoms with Crippen molar-refractivity contribution in [3.8, 4) is 11.1 Å². The van der Waals surface area contributed by atoms with Crippen LogP contribution in [0, 0.1) is 5.92 Å². The van der Waals surface area contributed by atoms with E-state index in [4.69, 9.17) is 10.8 Å². The van der Waals surface area contributed by atoms with Crippen LogP contribution in [-0.2, 0) is 6.54 Å². The number of nitrogens with zero attached hydrogens (tertiary/aromatic N) is 6. The summed E-state index contributed by atoms with van der Waals surface area (Å²) in [6.07, 6.45) is 12.3. The minimum atomic E-state index is -0.105. The molecule has 1 fully saturated rings. The Balaban J connectivity index is 1.39. The molecule has 0 saturated heterocycles. The Morgan fingerprint density at radius 1 is 1.24 bits per heavy atom. The predicted molar refractivity (Wildman–Crippen MR) is 131 cm³/mol.